The van der Waals surface area contributed by atoms with Crippen LogP contribution in [0.3, 0.4) is 0 Å². The van der Waals surface area contributed by atoms with Gasteiger partial charge in [-0.15, -0.1) is 11.3 Å². The van der Waals surface area contributed by atoms with Gasteiger partial charge in [-0.05, 0) is 31.2 Å². The van der Waals surface area contributed by atoms with Crippen molar-refractivity contribution >= 4 is 46.3 Å². The summed E-state index contributed by atoms with van der Waals surface area (Å²) in [4.78, 5) is 50.9. The van der Waals surface area contributed by atoms with Crippen molar-refractivity contribution in [2.75, 3.05) is 23.4 Å². The van der Waals surface area contributed by atoms with E-state index in [9.17, 15) is 19.2 Å². The zero-order chi connectivity index (χ0) is 19.4. The first-order valence-corrected chi connectivity index (χ1v) is 9.20. The van der Waals surface area contributed by atoms with Crippen molar-refractivity contribution in [1.29, 1.82) is 0 Å². The largest absolute Gasteiger partial charge is 0.456 e. The number of ketones is 1. The monoisotopic (exact) mass is 386 g/mol. The number of fused-ring (bicyclic) bond motifs is 1. The number of hydrogen-bond donors (Lipinski definition) is 1. The lowest BCUT2D eigenvalue weighted by atomic mass is 10.2. The SMILES string of the molecule is Cc1ccc(C(=O)CCC(=O)OCC(=O)N2CC(=O)Nc3ccccc32)s1. The maximum absolute atomic E-state index is 12.4. The normalized spacial score (nSPS) is 12.9. The Kier molecular flexibility index (Phi) is 5.66. The van der Waals surface area contributed by atoms with Gasteiger partial charge in [0.1, 0.15) is 6.54 Å². The molecule has 1 aromatic carbocycles. The summed E-state index contributed by atoms with van der Waals surface area (Å²) in [5.74, 6) is -1.56. The van der Waals surface area contributed by atoms with Crippen molar-refractivity contribution in [3.8, 4) is 0 Å². The summed E-state index contributed by atoms with van der Waals surface area (Å²) in [6.07, 6.45) is -0.0674. The highest BCUT2D eigenvalue weighted by atomic mass is 32.1. The van der Waals surface area contributed by atoms with E-state index < -0.39 is 18.5 Å². The lowest BCUT2D eigenvalue weighted by Gasteiger charge is -2.28. The van der Waals surface area contributed by atoms with Crippen LogP contribution in [0.15, 0.2) is 36.4 Å². The first-order valence-electron chi connectivity index (χ1n) is 8.38. The Hall–Kier alpha value is -3.00. The fourth-order valence-corrected chi connectivity index (χ4v) is 3.51. The number of carbonyl (C=O) groups is 4. The zero-order valence-corrected chi connectivity index (χ0v) is 15.5. The molecule has 1 aliphatic rings. The number of esters is 1. The van der Waals surface area contributed by atoms with Gasteiger partial charge in [0.15, 0.2) is 12.4 Å². The summed E-state index contributed by atoms with van der Waals surface area (Å²) >= 11 is 1.38. The van der Waals surface area contributed by atoms with Gasteiger partial charge in [0.05, 0.1) is 22.7 Å². The molecule has 27 heavy (non-hydrogen) atoms. The topological polar surface area (TPSA) is 92.8 Å². The summed E-state index contributed by atoms with van der Waals surface area (Å²) in [6.45, 7) is 1.29. The average Bonchev–Trinajstić information content (AvgIpc) is 3.09. The number of nitrogens with zero attached hydrogens (tertiary/aromatic N) is 1. The molecule has 2 heterocycles. The molecule has 0 aliphatic carbocycles. The number of Topliss-reactive ketones (excluding diaryl/α,β-unsaturated/α-hetero) is 1. The maximum atomic E-state index is 12.4. The number of nitrogens with one attached hydrogen (secondary N) is 1. The van der Waals surface area contributed by atoms with E-state index in [0.717, 1.165) is 4.88 Å². The van der Waals surface area contributed by atoms with Crippen molar-refractivity contribution < 1.29 is 23.9 Å². The molecule has 0 radical (unpaired) electrons. The summed E-state index contributed by atoms with van der Waals surface area (Å²) in [6, 6.07) is 10.5. The Morgan fingerprint density at radius 2 is 1.93 bits per heavy atom. The van der Waals surface area contributed by atoms with Crippen LogP contribution in [-0.4, -0.2) is 36.7 Å². The number of para-hydroxylation sites is 2. The second-order valence-corrected chi connectivity index (χ2v) is 7.33. The van der Waals surface area contributed by atoms with E-state index in [1.807, 2.05) is 13.0 Å². The molecule has 1 aliphatic heterocycles. The molecular formula is C19H18N2O5S. The van der Waals surface area contributed by atoms with Crippen LogP contribution in [0, 0.1) is 6.92 Å². The summed E-state index contributed by atoms with van der Waals surface area (Å²) in [7, 11) is 0. The van der Waals surface area contributed by atoms with Crippen LogP contribution in [-0.2, 0) is 19.1 Å². The molecule has 0 fully saturated rings. The molecule has 140 valence electrons. The number of thiophene rings is 1. The maximum Gasteiger partial charge on any atom is 0.306 e. The van der Waals surface area contributed by atoms with E-state index in [2.05, 4.69) is 5.32 Å². The minimum absolute atomic E-state index is 0.0297. The fraction of sp³-hybridized carbons (Fsp3) is 0.263. The molecular weight excluding hydrogens is 368 g/mol. The van der Waals surface area contributed by atoms with Crippen LogP contribution in [0.2, 0.25) is 0 Å². The first-order chi connectivity index (χ1) is 12.9. The Labute approximate surface area is 159 Å². The van der Waals surface area contributed by atoms with E-state index in [4.69, 9.17) is 4.74 Å². The molecule has 0 saturated heterocycles. The molecule has 1 N–H and O–H groups in total. The van der Waals surface area contributed by atoms with Crippen molar-refractivity contribution in [1.82, 2.24) is 0 Å². The Bertz CT molecular complexity index is 905. The minimum Gasteiger partial charge on any atom is -0.456 e. The highest BCUT2D eigenvalue weighted by Crippen LogP contribution is 2.28. The molecule has 3 rings (SSSR count). The Balaban J connectivity index is 1.51. The van der Waals surface area contributed by atoms with Crippen LogP contribution in [0.4, 0.5) is 11.4 Å². The molecule has 0 spiro atoms. The number of carbonyl (C=O) groups excluding carboxylic acids is 4. The quantitative estimate of drug-likeness (QED) is 0.608. The number of rotatable bonds is 6. The average molecular weight is 386 g/mol. The van der Waals surface area contributed by atoms with Crippen molar-refractivity contribution in [3.05, 3.63) is 46.2 Å². The van der Waals surface area contributed by atoms with Crippen molar-refractivity contribution in [2.24, 2.45) is 0 Å². The number of amides is 2. The summed E-state index contributed by atoms with van der Waals surface area (Å²) in [5.41, 5.74) is 1.09. The number of anilines is 2. The molecule has 0 bridgehead atoms. The van der Waals surface area contributed by atoms with E-state index in [1.54, 1.807) is 30.3 Å². The van der Waals surface area contributed by atoms with Gasteiger partial charge >= 0.3 is 5.97 Å². The smallest absolute Gasteiger partial charge is 0.306 e. The van der Waals surface area contributed by atoms with Gasteiger partial charge < -0.3 is 10.1 Å². The predicted octanol–water partition coefficient (Wildman–Crippen LogP) is 2.55. The number of ether oxygens (including phenoxy) is 1. The number of hydrogen-bond acceptors (Lipinski definition) is 6. The van der Waals surface area contributed by atoms with Gasteiger partial charge in [0.2, 0.25) is 5.91 Å². The van der Waals surface area contributed by atoms with Crippen LogP contribution in [0.25, 0.3) is 0 Å². The molecule has 0 unspecified atom stereocenters. The zero-order valence-electron chi connectivity index (χ0n) is 14.7. The third-order valence-corrected chi connectivity index (χ3v) is 5.04. The van der Waals surface area contributed by atoms with Gasteiger partial charge in [-0.3, -0.25) is 24.1 Å². The van der Waals surface area contributed by atoms with Gasteiger partial charge in [0.25, 0.3) is 5.91 Å². The van der Waals surface area contributed by atoms with Crippen LogP contribution in [0.5, 0.6) is 0 Å². The molecule has 0 saturated carbocycles. The molecule has 2 aromatic rings. The fourth-order valence-electron chi connectivity index (χ4n) is 2.67. The summed E-state index contributed by atoms with van der Waals surface area (Å²) < 4.78 is 4.99. The second kappa shape index (κ2) is 8.13. The molecule has 2 amide bonds. The lowest BCUT2D eigenvalue weighted by molar-refractivity contribution is -0.147. The minimum atomic E-state index is -0.625. The van der Waals surface area contributed by atoms with E-state index in [1.165, 1.54) is 16.2 Å². The highest BCUT2D eigenvalue weighted by Gasteiger charge is 2.27. The van der Waals surface area contributed by atoms with Crippen LogP contribution < -0.4 is 10.2 Å². The van der Waals surface area contributed by atoms with Gasteiger partial charge in [-0.1, -0.05) is 12.1 Å². The molecule has 0 atom stereocenters. The molecule has 8 heteroatoms. The predicted molar refractivity (Wildman–Crippen MR) is 101 cm³/mol. The molecule has 1 aromatic heterocycles. The van der Waals surface area contributed by atoms with Crippen molar-refractivity contribution in [3.63, 3.8) is 0 Å². The lowest BCUT2D eigenvalue weighted by Crippen LogP contribution is -2.44. The Morgan fingerprint density at radius 1 is 1.15 bits per heavy atom. The van der Waals surface area contributed by atoms with E-state index >= 15 is 0 Å². The number of benzene rings is 1. The van der Waals surface area contributed by atoms with Gasteiger partial charge in [-0.2, -0.15) is 0 Å². The third kappa shape index (κ3) is 4.59. The third-order valence-electron chi connectivity index (χ3n) is 4.00. The molecule has 7 nitrogen and oxygen atoms in total. The van der Waals surface area contributed by atoms with Crippen LogP contribution >= 0.6 is 11.3 Å². The number of aryl methyl sites for hydroxylation is 1. The van der Waals surface area contributed by atoms with E-state index in [-0.39, 0.29) is 31.1 Å². The highest BCUT2D eigenvalue weighted by molar-refractivity contribution is 7.14. The summed E-state index contributed by atoms with van der Waals surface area (Å²) in [5, 5.41) is 2.68. The van der Waals surface area contributed by atoms with E-state index in [0.29, 0.717) is 16.3 Å². The van der Waals surface area contributed by atoms with Gasteiger partial charge in [0, 0.05) is 11.3 Å². The Morgan fingerprint density at radius 3 is 2.67 bits per heavy atom. The van der Waals surface area contributed by atoms with Crippen LogP contribution in [0.1, 0.15) is 27.4 Å². The van der Waals surface area contributed by atoms with Gasteiger partial charge in [-0.25, -0.2) is 0 Å². The standard InChI is InChI=1S/C19H18N2O5S/c1-12-6-8-16(27-12)15(22)7-9-19(25)26-11-18(24)21-10-17(23)20-13-4-2-3-5-14(13)21/h2-6,8H,7,9-11H2,1H3,(H,20,23). The van der Waals surface area contributed by atoms with Crippen molar-refractivity contribution in [2.45, 2.75) is 19.8 Å². The second-order valence-electron chi connectivity index (χ2n) is 6.04. The first kappa shape index (κ1) is 18.8.